The van der Waals surface area contributed by atoms with Crippen LogP contribution in [0, 0.1) is 11.6 Å². The van der Waals surface area contributed by atoms with Gasteiger partial charge in [0.2, 0.25) is 5.91 Å². The van der Waals surface area contributed by atoms with E-state index < -0.39 is 47.5 Å². The lowest BCUT2D eigenvalue weighted by atomic mass is 10.0. The van der Waals surface area contributed by atoms with Crippen molar-refractivity contribution < 1.29 is 28.9 Å². The van der Waals surface area contributed by atoms with E-state index in [9.17, 15) is 28.9 Å². The smallest absolute Gasteiger partial charge is 0.220 e. The first-order valence-electron chi connectivity index (χ1n) is 4.65. The zero-order valence-electron chi connectivity index (χ0n) is 8.60. The van der Waals surface area contributed by atoms with E-state index >= 15 is 0 Å². The molecule has 0 fully saturated rings. The second-order valence-corrected chi connectivity index (χ2v) is 3.51. The predicted octanol–water partition coefficient (Wildman–Crippen LogP) is -0.0599. The third kappa shape index (κ3) is 3.11. The molecule has 0 aromatic heterocycles. The van der Waals surface area contributed by atoms with E-state index in [2.05, 4.69) is 0 Å². The zero-order valence-corrected chi connectivity index (χ0v) is 8.60. The number of benzene rings is 1. The highest BCUT2D eigenvalue weighted by atomic mass is 19.2. The Morgan fingerprint density at radius 2 is 1.82 bits per heavy atom. The van der Waals surface area contributed by atoms with Gasteiger partial charge in [0.05, 0.1) is 12.5 Å². The van der Waals surface area contributed by atoms with Crippen LogP contribution >= 0.6 is 0 Å². The summed E-state index contributed by atoms with van der Waals surface area (Å²) in [5.74, 6) is -4.18. The fourth-order valence-corrected chi connectivity index (χ4v) is 1.31. The number of nitrogens with two attached hydrogens (primary N) is 1. The predicted molar refractivity (Wildman–Crippen MR) is 52.8 cm³/mol. The number of aliphatic hydroxyl groups is 2. The fraction of sp³-hybridized carbons (Fsp3) is 0.300. The molecule has 0 saturated heterocycles. The summed E-state index contributed by atoms with van der Waals surface area (Å²) in [5.41, 5.74) is 4.38. The number of amides is 1. The van der Waals surface area contributed by atoms with Crippen molar-refractivity contribution in [3.8, 4) is 5.75 Å². The maximum Gasteiger partial charge on any atom is 0.220 e. The number of phenols is 1. The Labute approximate surface area is 95.1 Å². The number of primary amides is 1. The van der Waals surface area contributed by atoms with E-state index in [1.807, 2.05) is 0 Å². The third-order valence-electron chi connectivity index (χ3n) is 2.16. The molecule has 0 aliphatic rings. The van der Waals surface area contributed by atoms with Crippen molar-refractivity contribution in [3.05, 3.63) is 29.3 Å². The molecular formula is C10H11F2NO4. The highest BCUT2D eigenvalue weighted by Gasteiger charge is 2.24. The lowest BCUT2D eigenvalue weighted by Gasteiger charge is -2.18. The Balaban J connectivity index is 2.99. The zero-order chi connectivity index (χ0) is 13.2. The molecule has 5 nitrogen and oxygen atoms in total. The van der Waals surface area contributed by atoms with Crippen LogP contribution in [-0.4, -0.2) is 27.3 Å². The SMILES string of the molecule is NC(=O)CC(O)C(O)c1cc(F)c(F)cc1O. The summed E-state index contributed by atoms with van der Waals surface area (Å²) in [5, 5.41) is 28.2. The number of halogens is 2. The normalized spacial score (nSPS) is 14.4. The molecule has 0 aliphatic heterocycles. The van der Waals surface area contributed by atoms with Gasteiger partial charge in [0, 0.05) is 11.6 Å². The van der Waals surface area contributed by atoms with Crippen LogP contribution in [0.2, 0.25) is 0 Å². The molecule has 0 bridgehead atoms. The van der Waals surface area contributed by atoms with Crippen LogP contribution in [0.4, 0.5) is 8.78 Å². The van der Waals surface area contributed by atoms with Gasteiger partial charge >= 0.3 is 0 Å². The number of carbonyl (C=O) groups excluding carboxylic acids is 1. The summed E-state index contributed by atoms with van der Waals surface area (Å²) in [6.45, 7) is 0. The first-order valence-corrected chi connectivity index (χ1v) is 4.65. The van der Waals surface area contributed by atoms with E-state index in [-0.39, 0.29) is 0 Å². The summed E-state index contributed by atoms with van der Waals surface area (Å²) < 4.78 is 25.6. The number of rotatable bonds is 4. The Morgan fingerprint density at radius 3 is 2.35 bits per heavy atom. The Kier molecular flexibility index (Phi) is 3.97. The van der Waals surface area contributed by atoms with Gasteiger partial charge < -0.3 is 21.1 Å². The molecule has 17 heavy (non-hydrogen) atoms. The van der Waals surface area contributed by atoms with Crippen molar-refractivity contribution in [3.63, 3.8) is 0 Å². The average Bonchev–Trinajstić information content (AvgIpc) is 2.21. The quantitative estimate of drug-likeness (QED) is 0.598. The minimum atomic E-state index is -1.74. The van der Waals surface area contributed by atoms with E-state index in [0.717, 1.165) is 0 Å². The number of aromatic hydroxyl groups is 1. The minimum absolute atomic E-state index is 0.419. The van der Waals surface area contributed by atoms with Gasteiger partial charge in [-0.05, 0) is 6.07 Å². The Morgan fingerprint density at radius 1 is 1.29 bits per heavy atom. The van der Waals surface area contributed by atoms with Crippen molar-refractivity contribution in [1.82, 2.24) is 0 Å². The third-order valence-corrected chi connectivity index (χ3v) is 2.16. The van der Waals surface area contributed by atoms with E-state index in [0.29, 0.717) is 12.1 Å². The van der Waals surface area contributed by atoms with Gasteiger partial charge in [0.1, 0.15) is 11.9 Å². The molecule has 1 aromatic carbocycles. The second kappa shape index (κ2) is 5.07. The highest BCUT2D eigenvalue weighted by molar-refractivity contribution is 5.74. The van der Waals surface area contributed by atoms with E-state index in [1.165, 1.54) is 0 Å². The van der Waals surface area contributed by atoms with Gasteiger partial charge in [0.25, 0.3) is 0 Å². The molecule has 2 atom stereocenters. The molecule has 94 valence electrons. The molecule has 5 N–H and O–H groups in total. The summed E-state index contributed by atoms with van der Waals surface area (Å²) in [7, 11) is 0. The molecule has 0 saturated carbocycles. The molecule has 0 heterocycles. The van der Waals surface area contributed by atoms with Crippen molar-refractivity contribution in [1.29, 1.82) is 0 Å². The van der Waals surface area contributed by atoms with Gasteiger partial charge in [-0.2, -0.15) is 0 Å². The topological polar surface area (TPSA) is 104 Å². The summed E-state index contributed by atoms with van der Waals surface area (Å²) in [4.78, 5) is 10.5. The summed E-state index contributed by atoms with van der Waals surface area (Å²) >= 11 is 0. The van der Waals surface area contributed by atoms with Crippen molar-refractivity contribution in [2.24, 2.45) is 5.73 Å². The van der Waals surface area contributed by atoms with Gasteiger partial charge in [-0.15, -0.1) is 0 Å². The monoisotopic (exact) mass is 247 g/mol. The van der Waals surface area contributed by atoms with Crippen molar-refractivity contribution >= 4 is 5.91 Å². The van der Waals surface area contributed by atoms with Crippen molar-refractivity contribution in [2.45, 2.75) is 18.6 Å². The maximum atomic E-state index is 12.9. The molecule has 0 aliphatic carbocycles. The van der Waals surface area contributed by atoms with E-state index in [1.54, 1.807) is 0 Å². The van der Waals surface area contributed by atoms with Gasteiger partial charge in [0.15, 0.2) is 11.6 Å². The van der Waals surface area contributed by atoms with Gasteiger partial charge in [-0.25, -0.2) is 8.78 Å². The first kappa shape index (κ1) is 13.3. The fourth-order valence-electron chi connectivity index (χ4n) is 1.31. The Bertz CT molecular complexity index is 439. The molecule has 1 rings (SSSR count). The lowest BCUT2D eigenvalue weighted by molar-refractivity contribution is -0.121. The van der Waals surface area contributed by atoms with Crippen LogP contribution in [0.15, 0.2) is 12.1 Å². The molecule has 1 aromatic rings. The van der Waals surface area contributed by atoms with Crippen LogP contribution < -0.4 is 5.73 Å². The first-order chi connectivity index (χ1) is 7.82. The summed E-state index contributed by atoms with van der Waals surface area (Å²) in [6.07, 6.45) is -3.92. The maximum absolute atomic E-state index is 12.9. The average molecular weight is 247 g/mol. The van der Waals surface area contributed by atoms with E-state index in [4.69, 9.17) is 5.73 Å². The van der Waals surface area contributed by atoms with Crippen LogP contribution in [0.3, 0.4) is 0 Å². The summed E-state index contributed by atoms with van der Waals surface area (Å²) in [6, 6.07) is 1.00. The van der Waals surface area contributed by atoms with Crippen molar-refractivity contribution in [2.75, 3.05) is 0 Å². The number of aliphatic hydroxyl groups excluding tert-OH is 2. The number of carbonyl (C=O) groups is 1. The van der Waals surface area contributed by atoms with Crippen LogP contribution in [0.25, 0.3) is 0 Å². The molecule has 0 spiro atoms. The largest absolute Gasteiger partial charge is 0.507 e. The number of hydrogen-bond acceptors (Lipinski definition) is 4. The minimum Gasteiger partial charge on any atom is -0.507 e. The highest BCUT2D eigenvalue weighted by Crippen LogP contribution is 2.29. The number of hydrogen-bond donors (Lipinski definition) is 4. The second-order valence-electron chi connectivity index (χ2n) is 3.51. The number of phenolic OH excluding ortho intramolecular Hbond substituents is 1. The van der Waals surface area contributed by atoms with Crippen LogP contribution in [-0.2, 0) is 4.79 Å². The van der Waals surface area contributed by atoms with Crippen LogP contribution in [0.1, 0.15) is 18.1 Å². The standard InChI is InChI=1S/C10H11F2NO4/c11-5-1-4(7(14)2-6(5)12)10(17)8(15)3-9(13)16/h1-2,8,10,14-15,17H,3H2,(H2,13,16). The van der Waals surface area contributed by atoms with Crippen LogP contribution in [0.5, 0.6) is 5.75 Å². The van der Waals surface area contributed by atoms with Gasteiger partial charge in [-0.1, -0.05) is 0 Å². The molecule has 0 radical (unpaired) electrons. The lowest BCUT2D eigenvalue weighted by Crippen LogP contribution is -2.25. The molecular weight excluding hydrogens is 236 g/mol. The molecule has 2 unspecified atom stereocenters. The molecule has 1 amide bonds. The molecule has 7 heteroatoms. The Hall–Kier alpha value is -1.73. The van der Waals surface area contributed by atoms with Gasteiger partial charge in [-0.3, -0.25) is 4.79 Å².